The van der Waals surface area contributed by atoms with Gasteiger partial charge >= 0.3 is 0 Å². The zero-order chi connectivity index (χ0) is 18.5. The van der Waals surface area contributed by atoms with Crippen molar-refractivity contribution in [2.75, 3.05) is 26.2 Å². The Morgan fingerprint density at radius 2 is 2.04 bits per heavy atom. The van der Waals surface area contributed by atoms with Gasteiger partial charge in [0.25, 0.3) is 5.91 Å². The van der Waals surface area contributed by atoms with E-state index in [-0.39, 0.29) is 30.1 Å². The summed E-state index contributed by atoms with van der Waals surface area (Å²) in [5.74, 6) is -0.269. The number of para-hydroxylation sites is 1. The molecule has 1 fully saturated rings. The van der Waals surface area contributed by atoms with Crippen molar-refractivity contribution in [3.63, 3.8) is 0 Å². The molecule has 7 nitrogen and oxygen atoms in total. The SMILES string of the molecule is Cc1c(C(=O)N2CCCC(C(=O)NCCN)C2)cnn1-c1ccccc1.Cl. The van der Waals surface area contributed by atoms with E-state index in [1.165, 1.54) is 0 Å². The van der Waals surface area contributed by atoms with Crippen LogP contribution in [0.2, 0.25) is 0 Å². The van der Waals surface area contributed by atoms with Crippen LogP contribution in [0.1, 0.15) is 28.9 Å². The van der Waals surface area contributed by atoms with E-state index in [9.17, 15) is 9.59 Å². The fourth-order valence-electron chi connectivity index (χ4n) is 3.33. The molecule has 27 heavy (non-hydrogen) atoms. The zero-order valence-electron chi connectivity index (χ0n) is 15.4. The second-order valence-electron chi connectivity index (χ2n) is 6.56. The van der Waals surface area contributed by atoms with Crippen molar-refractivity contribution in [2.45, 2.75) is 19.8 Å². The smallest absolute Gasteiger partial charge is 0.257 e. The molecule has 3 N–H and O–H groups in total. The minimum atomic E-state index is -0.177. The lowest BCUT2D eigenvalue weighted by molar-refractivity contribution is -0.126. The highest BCUT2D eigenvalue weighted by atomic mass is 35.5. The van der Waals surface area contributed by atoms with E-state index in [1.807, 2.05) is 37.3 Å². The fraction of sp³-hybridized carbons (Fsp3) is 0.421. The van der Waals surface area contributed by atoms with Crippen LogP contribution in [0.25, 0.3) is 5.69 Å². The predicted octanol–water partition coefficient (Wildman–Crippen LogP) is 1.53. The molecular formula is C19H26ClN5O2. The predicted molar refractivity (Wildman–Crippen MR) is 106 cm³/mol. The molecular weight excluding hydrogens is 366 g/mol. The number of amides is 2. The minimum Gasteiger partial charge on any atom is -0.355 e. The maximum Gasteiger partial charge on any atom is 0.257 e. The molecule has 1 aliphatic heterocycles. The summed E-state index contributed by atoms with van der Waals surface area (Å²) in [4.78, 5) is 26.9. The van der Waals surface area contributed by atoms with Crippen LogP contribution in [0.15, 0.2) is 36.5 Å². The van der Waals surface area contributed by atoms with Gasteiger partial charge in [0.1, 0.15) is 0 Å². The Balaban J connectivity index is 0.00000261. The second kappa shape index (κ2) is 9.53. The Kier molecular flexibility index (Phi) is 7.38. The Labute approximate surface area is 165 Å². The summed E-state index contributed by atoms with van der Waals surface area (Å²) in [5.41, 5.74) is 7.74. The summed E-state index contributed by atoms with van der Waals surface area (Å²) in [6.07, 6.45) is 3.23. The first-order valence-corrected chi connectivity index (χ1v) is 8.99. The number of aromatic nitrogens is 2. The number of likely N-dealkylation sites (tertiary alicyclic amines) is 1. The van der Waals surface area contributed by atoms with Crippen LogP contribution in [0.3, 0.4) is 0 Å². The van der Waals surface area contributed by atoms with Gasteiger partial charge in [-0.3, -0.25) is 9.59 Å². The molecule has 1 aromatic carbocycles. The van der Waals surface area contributed by atoms with E-state index in [2.05, 4.69) is 10.4 Å². The highest BCUT2D eigenvalue weighted by molar-refractivity contribution is 5.95. The van der Waals surface area contributed by atoms with Gasteiger partial charge in [0.05, 0.1) is 29.1 Å². The quantitative estimate of drug-likeness (QED) is 0.808. The van der Waals surface area contributed by atoms with Gasteiger partial charge in [0.2, 0.25) is 5.91 Å². The first-order chi connectivity index (χ1) is 12.6. The third-order valence-corrected chi connectivity index (χ3v) is 4.76. The van der Waals surface area contributed by atoms with Gasteiger partial charge < -0.3 is 16.0 Å². The second-order valence-corrected chi connectivity index (χ2v) is 6.56. The maximum absolute atomic E-state index is 13.0. The minimum absolute atomic E-state index is 0. The molecule has 0 saturated carbocycles. The van der Waals surface area contributed by atoms with Gasteiger partial charge in [-0.25, -0.2) is 4.68 Å². The normalized spacial score (nSPS) is 16.5. The first kappa shape index (κ1) is 20.9. The number of hydrogen-bond donors (Lipinski definition) is 2. The van der Waals surface area contributed by atoms with Crippen molar-refractivity contribution in [3.05, 3.63) is 47.8 Å². The summed E-state index contributed by atoms with van der Waals surface area (Å²) in [5, 5.41) is 7.19. The summed E-state index contributed by atoms with van der Waals surface area (Å²) in [6.45, 7) is 3.87. The van der Waals surface area contributed by atoms with Crippen LogP contribution < -0.4 is 11.1 Å². The Hall–Kier alpha value is -2.38. The number of carbonyl (C=O) groups is 2. The molecule has 2 amide bonds. The van der Waals surface area contributed by atoms with Crippen molar-refractivity contribution in [2.24, 2.45) is 11.7 Å². The number of carbonyl (C=O) groups excluding carboxylic acids is 2. The van der Waals surface area contributed by atoms with Gasteiger partial charge in [-0.15, -0.1) is 12.4 Å². The number of nitrogens with one attached hydrogen (secondary N) is 1. The van der Waals surface area contributed by atoms with Gasteiger partial charge in [0.15, 0.2) is 0 Å². The van der Waals surface area contributed by atoms with Crippen molar-refractivity contribution in [1.82, 2.24) is 20.0 Å². The fourth-order valence-corrected chi connectivity index (χ4v) is 3.33. The van der Waals surface area contributed by atoms with Crippen LogP contribution >= 0.6 is 12.4 Å². The standard InChI is InChI=1S/C19H25N5O2.ClH/c1-14-17(12-22-24(14)16-7-3-2-4-8-16)19(26)23-11-5-6-15(13-23)18(25)21-10-9-20;/h2-4,7-8,12,15H,5-6,9-11,13,20H2,1H3,(H,21,25);1H. The summed E-state index contributed by atoms with van der Waals surface area (Å²) in [6, 6.07) is 9.72. The van der Waals surface area contributed by atoms with Crippen LogP contribution in [0.5, 0.6) is 0 Å². The number of hydrogen-bond acceptors (Lipinski definition) is 4. The van der Waals surface area contributed by atoms with E-state index < -0.39 is 0 Å². The lowest BCUT2D eigenvalue weighted by Crippen LogP contribution is -2.46. The molecule has 1 aliphatic rings. The van der Waals surface area contributed by atoms with Gasteiger partial charge in [-0.1, -0.05) is 18.2 Å². The van der Waals surface area contributed by atoms with Crippen LogP contribution in [0.4, 0.5) is 0 Å². The monoisotopic (exact) mass is 391 g/mol. The molecule has 1 aromatic heterocycles. The number of halogens is 1. The molecule has 146 valence electrons. The molecule has 2 aromatic rings. The van der Waals surface area contributed by atoms with Crippen LogP contribution in [0, 0.1) is 12.8 Å². The molecule has 1 atom stereocenters. The average Bonchev–Trinajstić information content (AvgIpc) is 3.07. The van der Waals surface area contributed by atoms with Gasteiger partial charge in [0, 0.05) is 26.2 Å². The van der Waals surface area contributed by atoms with Crippen LogP contribution in [-0.4, -0.2) is 52.7 Å². The zero-order valence-corrected chi connectivity index (χ0v) is 16.2. The van der Waals surface area contributed by atoms with E-state index in [0.717, 1.165) is 24.2 Å². The number of benzene rings is 1. The Bertz CT molecular complexity index is 778. The largest absolute Gasteiger partial charge is 0.355 e. The van der Waals surface area contributed by atoms with Gasteiger partial charge in [-0.2, -0.15) is 5.10 Å². The molecule has 8 heteroatoms. The van der Waals surface area contributed by atoms with Crippen molar-refractivity contribution >= 4 is 24.2 Å². The van der Waals surface area contributed by atoms with Crippen molar-refractivity contribution < 1.29 is 9.59 Å². The molecule has 0 bridgehead atoms. The number of nitrogens with zero attached hydrogens (tertiary/aromatic N) is 3. The molecule has 3 rings (SSSR count). The molecule has 1 saturated heterocycles. The number of nitrogens with two attached hydrogens (primary N) is 1. The van der Waals surface area contributed by atoms with Crippen LogP contribution in [-0.2, 0) is 4.79 Å². The Morgan fingerprint density at radius 3 is 2.74 bits per heavy atom. The third-order valence-electron chi connectivity index (χ3n) is 4.76. The van der Waals surface area contributed by atoms with Crippen molar-refractivity contribution in [1.29, 1.82) is 0 Å². The molecule has 0 radical (unpaired) electrons. The average molecular weight is 392 g/mol. The summed E-state index contributed by atoms with van der Waals surface area (Å²) >= 11 is 0. The first-order valence-electron chi connectivity index (χ1n) is 8.99. The highest BCUT2D eigenvalue weighted by Gasteiger charge is 2.30. The summed E-state index contributed by atoms with van der Waals surface area (Å²) in [7, 11) is 0. The summed E-state index contributed by atoms with van der Waals surface area (Å²) < 4.78 is 1.77. The van der Waals surface area contributed by atoms with E-state index in [1.54, 1.807) is 15.8 Å². The molecule has 2 heterocycles. The van der Waals surface area contributed by atoms with E-state index in [0.29, 0.717) is 31.7 Å². The highest BCUT2D eigenvalue weighted by Crippen LogP contribution is 2.21. The lowest BCUT2D eigenvalue weighted by Gasteiger charge is -2.32. The number of piperidine rings is 1. The van der Waals surface area contributed by atoms with Crippen molar-refractivity contribution in [3.8, 4) is 5.69 Å². The number of rotatable bonds is 5. The molecule has 1 unspecified atom stereocenters. The molecule has 0 aliphatic carbocycles. The topological polar surface area (TPSA) is 93.2 Å². The Morgan fingerprint density at radius 1 is 1.30 bits per heavy atom. The molecule has 0 spiro atoms. The van der Waals surface area contributed by atoms with E-state index >= 15 is 0 Å². The lowest BCUT2D eigenvalue weighted by atomic mass is 9.96. The van der Waals surface area contributed by atoms with Gasteiger partial charge in [-0.05, 0) is 31.9 Å². The third kappa shape index (κ3) is 4.67. The maximum atomic E-state index is 13.0. The van der Waals surface area contributed by atoms with E-state index in [4.69, 9.17) is 5.73 Å².